The third-order valence-electron chi connectivity index (χ3n) is 2.93. The molecule has 0 radical (unpaired) electrons. The summed E-state index contributed by atoms with van der Waals surface area (Å²) in [6.07, 6.45) is 2.63. The Labute approximate surface area is 110 Å². The summed E-state index contributed by atoms with van der Waals surface area (Å²) in [5.74, 6) is 1.02. The van der Waals surface area contributed by atoms with E-state index in [1.54, 1.807) is 4.90 Å². The number of nitrogens with one attached hydrogen (secondary N) is 1. The molecule has 1 fully saturated rings. The molecule has 0 spiro atoms. The molecule has 17 heavy (non-hydrogen) atoms. The predicted molar refractivity (Wildman–Crippen MR) is 71.5 cm³/mol. The normalized spacial score (nSPS) is 16.2. The van der Waals surface area contributed by atoms with Crippen LogP contribution in [0.3, 0.4) is 0 Å². The predicted octanol–water partition coefficient (Wildman–Crippen LogP) is 1.15. The second-order valence-electron chi connectivity index (χ2n) is 4.74. The van der Waals surface area contributed by atoms with E-state index in [0.717, 1.165) is 19.1 Å². The molecule has 5 heteroatoms. The van der Waals surface area contributed by atoms with Gasteiger partial charge in [-0.3, -0.25) is 4.79 Å². The number of carbonyl (C=O) groups is 1. The summed E-state index contributed by atoms with van der Waals surface area (Å²) in [5.41, 5.74) is 0. The summed E-state index contributed by atoms with van der Waals surface area (Å²) in [7, 11) is 3.71. The maximum Gasteiger partial charge on any atom is 0.226 e. The first-order valence-electron chi connectivity index (χ1n) is 6.12. The second kappa shape index (κ2) is 8.72. The van der Waals surface area contributed by atoms with Gasteiger partial charge in [0.2, 0.25) is 5.91 Å². The van der Waals surface area contributed by atoms with Gasteiger partial charge in [0.1, 0.15) is 0 Å². The molecule has 1 aliphatic carbocycles. The molecular weight excluding hydrogens is 240 g/mol. The molecule has 1 aliphatic rings. The van der Waals surface area contributed by atoms with Crippen LogP contribution in [0.4, 0.5) is 0 Å². The van der Waals surface area contributed by atoms with Crippen LogP contribution < -0.4 is 5.32 Å². The molecule has 1 unspecified atom stereocenters. The molecule has 0 aromatic carbocycles. The highest BCUT2D eigenvalue weighted by atomic mass is 35.5. The van der Waals surface area contributed by atoms with Crippen molar-refractivity contribution in [2.75, 3.05) is 40.4 Å². The second-order valence-corrected chi connectivity index (χ2v) is 4.74. The van der Waals surface area contributed by atoms with Gasteiger partial charge in [-0.25, -0.2) is 0 Å². The topological polar surface area (TPSA) is 41.6 Å². The van der Waals surface area contributed by atoms with Gasteiger partial charge in [-0.15, -0.1) is 12.4 Å². The minimum Gasteiger partial charge on any atom is -0.379 e. The van der Waals surface area contributed by atoms with Gasteiger partial charge in [0.25, 0.3) is 0 Å². The maximum atomic E-state index is 11.8. The summed E-state index contributed by atoms with van der Waals surface area (Å²) in [6, 6.07) is 0. The monoisotopic (exact) mass is 264 g/mol. The Hall–Kier alpha value is -0.320. The van der Waals surface area contributed by atoms with Gasteiger partial charge in [0, 0.05) is 32.7 Å². The van der Waals surface area contributed by atoms with Crippen molar-refractivity contribution < 1.29 is 9.53 Å². The zero-order chi connectivity index (χ0) is 12.0. The van der Waals surface area contributed by atoms with Gasteiger partial charge in [-0.05, 0) is 25.8 Å². The maximum absolute atomic E-state index is 11.8. The molecule has 0 aromatic heterocycles. The molecule has 1 atom stereocenters. The highest BCUT2D eigenvalue weighted by molar-refractivity contribution is 5.85. The number of rotatable bonds is 8. The van der Waals surface area contributed by atoms with E-state index in [0.29, 0.717) is 13.2 Å². The highest BCUT2D eigenvalue weighted by Crippen LogP contribution is 2.28. The number of hydrogen-bond donors (Lipinski definition) is 1. The van der Waals surface area contributed by atoms with Crippen LogP contribution in [0, 0.1) is 11.8 Å². The van der Waals surface area contributed by atoms with Gasteiger partial charge in [-0.2, -0.15) is 0 Å². The lowest BCUT2D eigenvalue weighted by Crippen LogP contribution is -2.37. The Balaban J connectivity index is 0.00000256. The summed E-state index contributed by atoms with van der Waals surface area (Å²) in [6.45, 7) is 4.89. The minimum absolute atomic E-state index is 0. The van der Waals surface area contributed by atoms with E-state index in [1.165, 1.54) is 12.8 Å². The van der Waals surface area contributed by atoms with Crippen molar-refractivity contribution in [1.29, 1.82) is 0 Å². The molecule has 0 aromatic rings. The fraction of sp³-hybridized carbons (Fsp3) is 0.917. The largest absolute Gasteiger partial charge is 0.379 e. The summed E-state index contributed by atoms with van der Waals surface area (Å²) >= 11 is 0. The summed E-state index contributed by atoms with van der Waals surface area (Å²) in [5, 5.41) is 3.01. The Morgan fingerprint density at radius 3 is 2.71 bits per heavy atom. The van der Waals surface area contributed by atoms with Crippen LogP contribution in [0.5, 0.6) is 0 Å². The number of halogens is 1. The highest BCUT2D eigenvalue weighted by Gasteiger charge is 2.21. The van der Waals surface area contributed by atoms with Crippen molar-refractivity contribution in [3.8, 4) is 0 Å². The minimum atomic E-state index is 0. The quantitative estimate of drug-likeness (QED) is 0.669. The molecule has 0 aliphatic heterocycles. The van der Waals surface area contributed by atoms with Gasteiger partial charge in [0.05, 0.1) is 6.61 Å². The van der Waals surface area contributed by atoms with E-state index in [1.807, 2.05) is 21.0 Å². The number of nitrogens with zero attached hydrogens (tertiary/aromatic N) is 1. The van der Waals surface area contributed by atoms with Crippen molar-refractivity contribution in [2.45, 2.75) is 19.8 Å². The van der Waals surface area contributed by atoms with Crippen LogP contribution in [-0.4, -0.2) is 51.2 Å². The molecular formula is C12H25ClN2O2. The van der Waals surface area contributed by atoms with Crippen molar-refractivity contribution in [1.82, 2.24) is 10.2 Å². The standard InChI is InChI=1S/C12H24N2O2.ClH/c1-10(8-13-2)12(15)14(3)6-7-16-9-11-4-5-11;/h10-11,13H,4-9H2,1-3H3;1H. The Kier molecular flexibility index (Phi) is 8.56. The molecule has 1 amide bonds. The molecule has 0 saturated heterocycles. The van der Waals surface area contributed by atoms with Crippen LogP contribution in [0.25, 0.3) is 0 Å². The molecule has 1 saturated carbocycles. The lowest BCUT2D eigenvalue weighted by molar-refractivity contribution is -0.134. The van der Waals surface area contributed by atoms with E-state index in [9.17, 15) is 4.79 Å². The summed E-state index contributed by atoms with van der Waals surface area (Å²) in [4.78, 5) is 13.6. The zero-order valence-corrected chi connectivity index (χ0v) is 11.9. The van der Waals surface area contributed by atoms with Crippen LogP contribution in [-0.2, 0) is 9.53 Å². The van der Waals surface area contributed by atoms with E-state index in [4.69, 9.17) is 4.74 Å². The average molecular weight is 265 g/mol. The van der Waals surface area contributed by atoms with Crippen LogP contribution in [0.1, 0.15) is 19.8 Å². The smallest absolute Gasteiger partial charge is 0.226 e. The molecule has 102 valence electrons. The Bertz CT molecular complexity index is 223. The number of likely N-dealkylation sites (N-methyl/N-ethyl adjacent to an activating group) is 1. The lowest BCUT2D eigenvalue weighted by Gasteiger charge is -2.21. The summed E-state index contributed by atoms with van der Waals surface area (Å²) < 4.78 is 5.51. The molecule has 0 heterocycles. The third-order valence-corrected chi connectivity index (χ3v) is 2.93. The lowest BCUT2D eigenvalue weighted by atomic mass is 10.1. The molecule has 4 nitrogen and oxygen atoms in total. The van der Waals surface area contributed by atoms with Crippen molar-refractivity contribution in [3.63, 3.8) is 0 Å². The Morgan fingerprint density at radius 2 is 2.18 bits per heavy atom. The van der Waals surface area contributed by atoms with Crippen LogP contribution >= 0.6 is 12.4 Å². The van der Waals surface area contributed by atoms with Gasteiger partial charge in [0.15, 0.2) is 0 Å². The van der Waals surface area contributed by atoms with Gasteiger partial charge >= 0.3 is 0 Å². The first-order chi connectivity index (χ1) is 7.65. The van der Waals surface area contributed by atoms with Crippen LogP contribution in [0.15, 0.2) is 0 Å². The SMILES string of the molecule is CNCC(C)C(=O)N(C)CCOCC1CC1.Cl. The fourth-order valence-electron chi connectivity index (χ4n) is 1.62. The van der Waals surface area contributed by atoms with E-state index < -0.39 is 0 Å². The van der Waals surface area contributed by atoms with Crippen molar-refractivity contribution >= 4 is 18.3 Å². The molecule has 1 rings (SSSR count). The van der Waals surface area contributed by atoms with Gasteiger partial charge < -0.3 is 15.0 Å². The number of ether oxygens (including phenoxy) is 1. The average Bonchev–Trinajstić information content (AvgIpc) is 3.07. The van der Waals surface area contributed by atoms with Gasteiger partial charge in [-0.1, -0.05) is 6.92 Å². The van der Waals surface area contributed by atoms with Crippen molar-refractivity contribution in [2.24, 2.45) is 11.8 Å². The first kappa shape index (κ1) is 16.7. The molecule has 1 N–H and O–H groups in total. The van der Waals surface area contributed by atoms with E-state index in [-0.39, 0.29) is 24.2 Å². The number of carbonyl (C=O) groups excluding carboxylic acids is 1. The fourth-order valence-corrected chi connectivity index (χ4v) is 1.62. The van der Waals surface area contributed by atoms with E-state index in [2.05, 4.69) is 5.32 Å². The third kappa shape index (κ3) is 6.86. The van der Waals surface area contributed by atoms with Crippen LogP contribution in [0.2, 0.25) is 0 Å². The number of amides is 1. The Morgan fingerprint density at radius 1 is 1.53 bits per heavy atom. The molecule has 0 bridgehead atoms. The first-order valence-corrected chi connectivity index (χ1v) is 6.12. The van der Waals surface area contributed by atoms with Crippen molar-refractivity contribution in [3.05, 3.63) is 0 Å². The van der Waals surface area contributed by atoms with E-state index >= 15 is 0 Å². The number of hydrogen-bond acceptors (Lipinski definition) is 3. The zero-order valence-electron chi connectivity index (χ0n) is 11.1.